The molecular formula is C14H25N3. The molecule has 17 heavy (non-hydrogen) atoms. The summed E-state index contributed by atoms with van der Waals surface area (Å²) in [6, 6.07) is 0. The van der Waals surface area contributed by atoms with Gasteiger partial charge in [-0.3, -0.25) is 4.68 Å². The van der Waals surface area contributed by atoms with Gasteiger partial charge in [-0.15, -0.1) is 0 Å². The van der Waals surface area contributed by atoms with Gasteiger partial charge in [0.1, 0.15) is 0 Å². The van der Waals surface area contributed by atoms with Gasteiger partial charge in [-0.1, -0.05) is 25.7 Å². The molecule has 1 aliphatic carbocycles. The predicted octanol–water partition coefficient (Wildman–Crippen LogP) is 2.75. The van der Waals surface area contributed by atoms with Crippen LogP contribution >= 0.6 is 0 Å². The molecule has 0 bridgehead atoms. The fourth-order valence-corrected chi connectivity index (χ4v) is 2.66. The quantitative estimate of drug-likeness (QED) is 0.628. The lowest BCUT2D eigenvalue weighted by atomic mass is 10.0. The molecule has 1 heterocycles. The number of aryl methyl sites for hydroxylation is 1. The van der Waals surface area contributed by atoms with Gasteiger partial charge in [0, 0.05) is 12.7 Å². The van der Waals surface area contributed by atoms with E-state index in [4.69, 9.17) is 0 Å². The molecule has 0 amide bonds. The summed E-state index contributed by atoms with van der Waals surface area (Å²) in [5.74, 6) is 0.914. The van der Waals surface area contributed by atoms with Crippen LogP contribution in [0, 0.1) is 12.8 Å². The summed E-state index contributed by atoms with van der Waals surface area (Å²) in [7, 11) is 0. The summed E-state index contributed by atoms with van der Waals surface area (Å²) >= 11 is 0. The molecule has 1 aromatic heterocycles. The molecule has 3 nitrogen and oxygen atoms in total. The zero-order chi connectivity index (χ0) is 11.9. The third kappa shape index (κ3) is 4.50. The summed E-state index contributed by atoms with van der Waals surface area (Å²) in [5.41, 5.74) is 1.24. The monoisotopic (exact) mass is 235 g/mol. The zero-order valence-corrected chi connectivity index (χ0v) is 11.0. The van der Waals surface area contributed by atoms with Crippen molar-refractivity contribution in [2.24, 2.45) is 5.92 Å². The highest BCUT2D eigenvalue weighted by molar-refractivity contribution is 4.99. The second-order valence-corrected chi connectivity index (χ2v) is 5.34. The second-order valence-electron chi connectivity index (χ2n) is 5.34. The molecule has 0 aromatic carbocycles. The van der Waals surface area contributed by atoms with Crippen molar-refractivity contribution in [2.45, 2.75) is 52.0 Å². The van der Waals surface area contributed by atoms with Crippen LogP contribution in [0.1, 0.15) is 44.1 Å². The van der Waals surface area contributed by atoms with Crippen LogP contribution in [-0.2, 0) is 6.54 Å². The number of rotatable bonds is 5. The van der Waals surface area contributed by atoms with Crippen LogP contribution in [0.3, 0.4) is 0 Å². The van der Waals surface area contributed by atoms with E-state index in [0.29, 0.717) is 0 Å². The van der Waals surface area contributed by atoms with Crippen LogP contribution in [0.15, 0.2) is 12.4 Å². The van der Waals surface area contributed by atoms with Crippen molar-refractivity contribution in [3.63, 3.8) is 0 Å². The van der Waals surface area contributed by atoms with Gasteiger partial charge in [0.25, 0.3) is 0 Å². The number of aromatic nitrogens is 2. The Balaban J connectivity index is 1.59. The highest BCUT2D eigenvalue weighted by atomic mass is 15.3. The molecule has 1 aliphatic rings. The van der Waals surface area contributed by atoms with Gasteiger partial charge >= 0.3 is 0 Å². The van der Waals surface area contributed by atoms with E-state index in [2.05, 4.69) is 23.5 Å². The largest absolute Gasteiger partial charge is 0.315 e. The highest BCUT2D eigenvalue weighted by Crippen LogP contribution is 2.21. The molecular weight excluding hydrogens is 210 g/mol. The van der Waals surface area contributed by atoms with E-state index in [9.17, 15) is 0 Å². The Bertz CT molecular complexity index is 311. The van der Waals surface area contributed by atoms with E-state index < -0.39 is 0 Å². The minimum absolute atomic E-state index is 0.914. The average molecular weight is 235 g/mol. The Kier molecular flexibility index (Phi) is 5.05. The van der Waals surface area contributed by atoms with E-state index in [1.165, 1.54) is 50.6 Å². The van der Waals surface area contributed by atoms with Crippen molar-refractivity contribution in [3.05, 3.63) is 18.0 Å². The molecule has 0 saturated heterocycles. The smallest absolute Gasteiger partial charge is 0.0534 e. The maximum Gasteiger partial charge on any atom is 0.0534 e. The fourth-order valence-electron chi connectivity index (χ4n) is 2.66. The molecule has 1 aromatic rings. The Morgan fingerprint density at radius 1 is 1.29 bits per heavy atom. The number of hydrogen-bond donors (Lipinski definition) is 1. The lowest BCUT2D eigenvalue weighted by Gasteiger charge is -2.14. The topological polar surface area (TPSA) is 29.9 Å². The predicted molar refractivity (Wildman–Crippen MR) is 71.0 cm³/mol. The van der Waals surface area contributed by atoms with Crippen LogP contribution in [-0.4, -0.2) is 22.9 Å². The van der Waals surface area contributed by atoms with Gasteiger partial charge in [0.15, 0.2) is 0 Å². The molecule has 0 atom stereocenters. The van der Waals surface area contributed by atoms with Gasteiger partial charge < -0.3 is 5.32 Å². The maximum atomic E-state index is 4.29. The molecule has 0 spiro atoms. The zero-order valence-electron chi connectivity index (χ0n) is 11.0. The van der Waals surface area contributed by atoms with Crippen LogP contribution in [0.5, 0.6) is 0 Å². The number of nitrogens with zero attached hydrogens (tertiary/aromatic N) is 2. The normalized spacial score (nSPS) is 18.2. The van der Waals surface area contributed by atoms with E-state index in [1.54, 1.807) is 0 Å². The first kappa shape index (κ1) is 12.6. The third-order valence-corrected chi connectivity index (χ3v) is 3.69. The minimum atomic E-state index is 0.914. The van der Waals surface area contributed by atoms with Gasteiger partial charge in [-0.2, -0.15) is 5.10 Å². The molecule has 2 rings (SSSR count). The maximum absolute atomic E-state index is 4.29. The first-order valence-electron chi connectivity index (χ1n) is 7.04. The van der Waals surface area contributed by atoms with Gasteiger partial charge in [-0.05, 0) is 37.8 Å². The molecule has 1 fully saturated rings. The summed E-state index contributed by atoms with van der Waals surface area (Å²) in [6.07, 6.45) is 12.6. The van der Waals surface area contributed by atoms with E-state index in [1.807, 2.05) is 10.9 Å². The van der Waals surface area contributed by atoms with Crippen LogP contribution < -0.4 is 5.32 Å². The number of nitrogens with one attached hydrogen (secondary N) is 1. The average Bonchev–Trinajstić information content (AvgIpc) is 2.59. The molecule has 1 saturated carbocycles. The van der Waals surface area contributed by atoms with E-state index in [0.717, 1.165) is 19.0 Å². The Labute approximate surface area is 105 Å². The second kappa shape index (κ2) is 6.80. The summed E-state index contributed by atoms with van der Waals surface area (Å²) in [5, 5.41) is 7.87. The van der Waals surface area contributed by atoms with Crippen LogP contribution in [0.4, 0.5) is 0 Å². The fraction of sp³-hybridized carbons (Fsp3) is 0.786. The molecule has 1 N–H and O–H groups in total. The van der Waals surface area contributed by atoms with Crippen molar-refractivity contribution in [1.82, 2.24) is 15.1 Å². The van der Waals surface area contributed by atoms with Gasteiger partial charge in [0.2, 0.25) is 0 Å². The third-order valence-electron chi connectivity index (χ3n) is 3.69. The lowest BCUT2D eigenvalue weighted by Crippen LogP contribution is -2.26. The van der Waals surface area contributed by atoms with Crippen molar-refractivity contribution < 1.29 is 0 Å². The van der Waals surface area contributed by atoms with Crippen molar-refractivity contribution >= 4 is 0 Å². The highest BCUT2D eigenvalue weighted by Gasteiger charge is 2.11. The Morgan fingerprint density at radius 3 is 2.71 bits per heavy atom. The van der Waals surface area contributed by atoms with Crippen molar-refractivity contribution in [3.8, 4) is 0 Å². The summed E-state index contributed by atoms with van der Waals surface area (Å²) in [4.78, 5) is 0. The molecule has 0 unspecified atom stereocenters. The van der Waals surface area contributed by atoms with Crippen molar-refractivity contribution in [2.75, 3.05) is 13.1 Å². The first-order chi connectivity index (χ1) is 8.34. The number of hydrogen-bond acceptors (Lipinski definition) is 2. The Hall–Kier alpha value is -0.830. The molecule has 96 valence electrons. The van der Waals surface area contributed by atoms with Gasteiger partial charge in [-0.25, -0.2) is 0 Å². The van der Waals surface area contributed by atoms with Crippen molar-refractivity contribution in [1.29, 1.82) is 0 Å². The van der Waals surface area contributed by atoms with E-state index >= 15 is 0 Å². The first-order valence-corrected chi connectivity index (χ1v) is 7.04. The molecule has 3 heteroatoms. The van der Waals surface area contributed by atoms with Crippen LogP contribution in [0.2, 0.25) is 0 Å². The SMILES string of the molecule is Cc1cnn(CCNCC2CCCCCC2)c1. The Morgan fingerprint density at radius 2 is 2.06 bits per heavy atom. The summed E-state index contributed by atoms with van der Waals surface area (Å²) in [6.45, 7) is 5.31. The lowest BCUT2D eigenvalue weighted by molar-refractivity contribution is 0.416. The van der Waals surface area contributed by atoms with Crippen LogP contribution in [0.25, 0.3) is 0 Å². The minimum Gasteiger partial charge on any atom is -0.315 e. The van der Waals surface area contributed by atoms with E-state index in [-0.39, 0.29) is 0 Å². The van der Waals surface area contributed by atoms with Gasteiger partial charge in [0.05, 0.1) is 12.7 Å². The standard InChI is InChI=1S/C14H25N3/c1-13-10-16-17(12-13)9-8-15-11-14-6-4-2-3-5-7-14/h10,12,14-15H,2-9,11H2,1H3. The molecule has 0 aliphatic heterocycles. The molecule has 0 radical (unpaired) electrons. The summed E-state index contributed by atoms with van der Waals surface area (Å²) < 4.78 is 2.02.